The van der Waals surface area contributed by atoms with Crippen LogP contribution in [0.2, 0.25) is 5.15 Å². The topological polar surface area (TPSA) is 127 Å². The van der Waals surface area contributed by atoms with Gasteiger partial charge >= 0.3 is 0 Å². The second-order valence-electron chi connectivity index (χ2n) is 7.69. The van der Waals surface area contributed by atoms with E-state index in [9.17, 15) is 13.6 Å². The maximum atomic E-state index is 14.4. The van der Waals surface area contributed by atoms with E-state index < -0.39 is 17.2 Å². The van der Waals surface area contributed by atoms with Crippen molar-refractivity contribution in [2.24, 2.45) is 10.9 Å². The van der Waals surface area contributed by atoms with Gasteiger partial charge in [-0.3, -0.25) is 4.79 Å². The molecule has 0 saturated carbocycles. The molecule has 0 radical (unpaired) electrons. The molecule has 178 valence electrons. The van der Waals surface area contributed by atoms with Gasteiger partial charge in [0.25, 0.3) is 0 Å². The molecule has 4 aromatic rings. The van der Waals surface area contributed by atoms with Crippen molar-refractivity contribution in [2.45, 2.75) is 13.8 Å². The van der Waals surface area contributed by atoms with Crippen LogP contribution in [0.5, 0.6) is 0 Å². The van der Waals surface area contributed by atoms with Gasteiger partial charge in [-0.15, -0.1) is 0 Å². The maximum Gasteiger partial charge on any atom is 0.224 e. The second kappa shape index (κ2) is 9.15. The van der Waals surface area contributed by atoms with Gasteiger partial charge in [0.1, 0.15) is 28.0 Å². The highest BCUT2D eigenvalue weighted by atomic mass is 35.5. The number of rotatable bonds is 5. The normalized spacial score (nSPS) is 11.6. The molecule has 8 nitrogen and oxygen atoms in total. The highest BCUT2D eigenvalue weighted by Gasteiger charge is 2.21. The minimum Gasteiger partial charge on any atom is -0.455 e. The van der Waals surface area contributed by atoms with Gasteiger partial charge < -0.3 is 20.7 Å². The van der Waals surface area contributed by atoms with E-state index >= 15 is 0 Å². The molecular weight excluding hydrogens is 480 g/mol. The van der Waals surface area contributed by atoms with E-state index in [4.69, 9.17) is 27.0 Å². The van der Waals surface area contributed by atoms with Crippen LogP contribution in [0.25, 0.3) is 28.0 Å². The summed E-state index contributed by atoms with van der Waals surface area (Å²) in [5, 5.41) is 15.4. The summed E-state index contributed by atoms with van der Waals surface area (Å²) in [6.07, 6.45) is 0.729. The number of nitrogens with zero attached hydrogens (tertiary/aromatic N) is 3. The Labute approximate surface area is 202 Å². The molecule has 0 unspecified atom stereocenters. The van der Waals surface area contributed by atoms with Crippen molar-refractivity contribution in [1.82, 2.24) is 9.97 Å². The van der Waals surface area contributed by atoms with Crippen molar-refractivity contribution in [1.29, 1.82) is 0 Å². The summed E-state index contributed by atoms with van der Waals surface area (Å²) in [5.74, 6) is -2.23. The van der Waals surface area contributed by atoms with E-state index in [-0.39, 0.29) is 50.2 Å². The Morgan fingerprint density at radius 2 is 2.00 bits per heavy atom. The number of halogens is 3. The Kier molecular flexibility index (Phi) is 6.23. The summed E-state index contributed by atoms with van der Waals surface area (Å²) in [7, 11) is 0. The first-order valence-electron chi connectivity index (χ1n) is 10.1. The number of nitrogens with two attached hydrogens (primary N) is 1. The lowest BCUT2D eigenvalue weighted by Gasteiger charge is -2.16. The molecule has 0 spiro atoms. The van der Waals surface area contributed by atoms with E-state index in [0.29, 0.717) is 11.3 Å². The first-order chi connectivity index (χ1) is 16.6. The number of anilines is 1. The minimum absolute atomic E-state index is 0.0593. The third kappa shape index (κ3) is 4.43. The van der Waals surface area contributed by atoms with Crippen LogP contribution in [0.15, 0.2) is 57.5 Å². The molecule has 0 bridgehead atoms. The zero-order valence-electron chi connectivity index (χ0n) is 18.5. The van der Waals surface area contributed by atoms with Gasteiger partial charge in [0, 0.05) is 16.8 Å². The van der Waals surface area contributed by atoms with Crippen LogP contribution in [-0.4, -0.2) is 21.0 Å². The van der Waals surface area contributed by atoms with Gasteiger partial charge in [-0.05, 0) is 49.7 Å². The average Bonchev–Trinajstić information content (AvgIpc) is 2.83. The molecular formula is C24H18ClF2N5O3. The summed E-state index contributed by atoms with van der Waals surface area (Å²) in [6, 6.07) is 7.27. The number of fused-ring (bicyclic) bond motifs is 1. The molecule has 0 atom stereocenters. The zero-order valence-corrected chi connectivity index (χ0v) is 19.2. The molecule has 0 saturated heterocycles. The Morgan fingerprint density at radius 3 is 2.71 bits per heavy atom. The van der Waals surface area contributed by atoms with Crippen molar-refractivity contribution >= 4 is 39.8 Å². The monoisotopic (exact) mass is 497 g/mol. The number of pyridine rings is 2. The molecule has 0 aliphatic carbocycles. The summed E-state index contributed by atoms with van der Waals surface area (Å²) in [5.41, 5.74) is 6.90. The van der Waals surface area contributed by atoms with E-state index in [1.807, 2.05) is 0 Å². The molecule has 4 N–H and O–H groups in total. The number of benzene rings is 1. The van der Waals surface area contributed by atoms with Crippen molar-refractivity contribution in [3.63, 3.8) is 0 Å². The third-order valence-electron chi connectivity index (χ3n) is 5.24. The Morgan fingerprint density at radius 1 is 1.26 bits per heavy atom. The van der Waals surface area contributed by atoms with Gasteiger partial charge in [0.2, 0.25) is 5.95 Å². The fourth-order valence-electron chi connectivity index (χ4n) is 3.61. The van der Waals surface area contributed by atoms with Crippen LogP contribution >= 0.6 is 11.6 Å². The standard InChI is InChI=1S/C24H18ClF2N5O3/c1-10-6-14(12(3)30-17-4-5-18(25)31-19(17)24(28)32-34)22-15(7-10)20(33)11(2)21(35-22)16-8-13(26)9-29-23(16)27/h4-9,30,34H,3H2,1-2H3,(H2,28,32). The highest BCUT2D eigenvalue weighted by Crippen LogP contribution is 2.32. The van der Waals surface area contributed by atoms with Gasteiger partial charge in [0.15, 0.2) is 11.3 Å². The van der Waals surface area contributed by atoms with Crippen LogP contribution in [0.3, 0.4) is 0 Å². The Bertz CT molecular complexity index is 1600. The van der Waals surface area contributed by atoms with E-state index in [1.54, 1.807) is 25.1 Å². The zero-order chi connectivity index (χ0) is 25.4. The molecule has 0 fully saturated rings. The molecule has 35 heavy (non-hydrogen) atoms. The molecule has 0 amide bonds. The van der Waals surface area contributed by atoms with E-state index in [2.05, 4.69) is 27.0 Å². The fourth-order valence-corrected chi connectivity index (χ4v) is 3.75. The van der Waals surface area contributed by atoms with Crippen LogP contribution < -0.4 is 16.5 Å². The maximum absolute atomic E-state index is 14.4. The van der Waals surface area contributed by atoms with Crippen molar-refractivity contribution in [3.05, 3.63) is 92.6 Å². The van der Waals surface area contributed by atoms with Crippen LogP contribution in [0, 0.1) is 25.6 Å². The van der Waals surface area contributed by atoms with Gasteiger partial charge in [-0.25, -0.2) is 14.4 Å². The number of hydrogen-bond donors (Lipinski definition) is 3. The quantitative estimate of drug-likeness (QED) is 0.117. The largest absolute Gasteiger partial charge is 0.455 e. The summed E-state index contributed by atoms with van der Waals surface area (Å²) in [6.45, 7) is 7.26. The number of amidine groups is 1. The number of nitrogens with one attached hydrogen (secondary N) is 1. The van der Waals surface area contributed by atoms with E-state index in [1.165, 1.54) is 13.0 Å². The lowest BCUT2D eigenvalue weighted by Crippen LogP contribution is -2.18. The van der Waals surface area contributed by atoms with Crippen molar-refractivity contribution in [3.8, 4) is 11.3 Å². The number of aromatic nitrogens is 2. The molecule has 0 aliphatic heterocycles. The summed E-state index contributed by atoms with van der Waals surface area (Å²) >= 11 is 5.94. The molecule has 11 heteroatoms. The molecule has 1 aromatic carbocycles. The van der Waals surface area contributed by atoms with Crippen molar-refractivity contribution in [2.75, 3.05) is 5.32 Å². The number of aryl methyl sites for hydroxylation is 1. The number of oxime groups is 1. The SMILES string of the molecule is C=C(Nc1ccc(Cl)nc1/C(N)=N/O)c1cc(C)cc2c(=O)c(C)c(-c3cc(F)cnc3F)oc12. The first-order valence-corrected chi connectivity index (χ1v) is 10.5. The number of hydrogen-bond acceptors (Lipinski definition) is 7. The summed E-state index contributed by atoms with van der Waals surface area (Å²) < 4.78 is 34.2. The van der Waals surface area contributed by atoms with Crippen LogP contribution in [-0.2, 0) is 0 Å². The summed E-state index contributed by atoms with van der Waals surface area (Å²) in [4.78, 5) is 20.6. The molecule has 0 aliphatic rings. The second-order valence-corrected chi connectivity index (χ2v) is 8.07. The fraction of sp³-hybridized carbons (Fsp3) is 0.0833. The highest BCUT2D eigenvalue weighted by molar-refractivity contribution is 6.29. The average molecular weight is 498 g/mol. The van der Waals surface area contributed by atoms with Gasteiger partial charge in [-0.2, -0.15) is 4.39 Å². The third-order valence-corrected chi connectivity index (χ3v) is 5.45. The predicted octanol–water partition coefficient (Wildman–Crippen LogP) is 4.98. The molecule has 3 aromatic heterocycles. The minimum atomic E-state index is -0.988. The first kappa shape index (κ1) is 23.8. The van der Waals surface area contributed by atoms with Gasteiger partial charge in [-0.1, -0.05) is 23.3 Å². The lowest BCUT2D eigenvalue weighted by molar-refractivity contribution is 0.318. The Hall–Kier alpha value is -4.31. The van der Waals surface area contributed by atoms with Gasteiger partial charge in [0.05, 0.1) is 22.8 Å². The molecule has 4 rings (SSSR count). The Balaban J connectivity index is 1.92. The molecule has 3 heterocycles. The predicted molar refractivity (Wildman–Crippen MR) is 130 cm³/mol. The van der Waals surface area contributed by atoms with Crippen LogP contribution in [0.1, 0.15) is 22.4 Å². The smallest absolute Gasteiger partial charge is 0.224 e. The van der Waals surface area contributed by atoms with Crippen LogP contribution in [0.4, 0.5) is 14.5 Å². The lowest BCUT2D eigenvalue weighted by atomic mass is 10.0. The van der Waals surface area contributed by atoms with Crippen molar-refractivity contribution < 1.29 is 18.4 Å². The van der Waals surface area contributed by atoms with E-state index in [0.717, 1.165) is 17.8 Å².